The van der Waals surface area contributed by atoms with Crippen molar-refractivity contribution >= 4 is 5.91 Å². The molecule has 0 unspecified atom stereocenters. The van der Waals surface area contributed by atoms with E-state index in [0.29, 0.717) is 41.4 Å². The van der Waals surface area contributed by atoms with Gasteiger partial charge in [-0.15, -0.1) is 0 Å². The van der Waals surface area contributed by atoms with Gasteiger partial charge in [0, 0.05) is 23.7 Å². The zero-order chi connectivity index (χ0) is 24.8. The Balaban J connectivity index is 1.99. The molecule has 0 radical (unpaired) electrons. The van der Waals surface area contributed by atoms with E-state index in [2.05, 4.69) is 0 Å². The third-order valence-electron chi connectivity index (χ3n) is 6.23. The molecular weight excluding hydrogens is 433 g/mol. The molecule has 180 valence electrons. The lowest BCUT2D eigenvalue weighted by molar-refractivity contribution is 0.0648. The summed E-state index contributed by atoms with van der Waals surface area (Å²) < 4.78 is 28.1. The Labute approximate surface area is 200 Å². The Morgan fingerprint density at radius 1 is 1.15 bits per heavy atom. The molecule has 0 N–H and O–H groups in total. The summed E-state index contributed by atoms with van der Waals surface area (Å²) in [6, 6.07) is 10.4. The lowest BCUT2D eigenvalue weighted by Gasteiger charge is -2.31. The van der Waals surface area contributed by atoms with Crippen LogP contribution in [0, 0.1) is 5.82 Å². The number of aryl methyl sites for hydroxylation is 1. The minimum atomic E-state index is -0.407. The number of amides is 1. The highest BCUT2D eigenvalue weighted by Crippen LogP contribution is 2.43. The molecule has 0 spiro atoms. The molecule has 1 aromatic heterocycles. The van der Waals surface area contributed by atoms with E-state index in [9.17, 15) is 9.18 Å². The van der Waals surface area contributed by atoms with Crippen LogP contribution in [-0.4, -0.2) is 46.4 Å². The molecule has 6 nitrogen and oxygen atoms in total. The van der Waals surface area contributed by atoms with Crippen molar-refractivity contribution in [2.75, 3.05) is 14.2 Å². The van der Waals surface area contributed by atoms with Gasteiger partial charge in [0.25, 0.3) is 5.91 Å². The third-order valence-corrected chi connectivity index (χ3v) is 6.23. The first-order valence-corrected chi connectivity index (χ1v) is 11.6. The van der Waals surface area contributed by atoms with Crippen LogP contribution in [-0.2, 0) is 12.8 Å². The fraction of sp³-hybridized carbons (Fsp3) is 0.407. The average molecular weight is 466 g/mol. The van der Waals surface area contributed by atoms with Crippen LogP contribution in [0.25, 0.3) is 16.9 Å². The molecular formula is C27H32FN3O3. The van der Waals surface area contributed by atoms with E-state index in [1.807, 2.05) is 46.8 Å². The predicted octanol–water partition coefficient (Wildman–Crippen LogP) is 5.44. The van der Waals surface area contributed by atoms with Crippen LogP contribution in [0.15, 0.2) is 36.4 Å². The highest BCUT2D eigenvalue weighted by molar-refractivity contribution is 5.97. The van der Waals surface area contributed by atoms with Crippen LogP contribution >= 0.6 is 0 Å². The van der Waals surface area contributed by atoms with Gasteiger partial charge in [-0.2, -0.15) is 5.10 Å². The second-order valence-corrected chi connectivity index (χ2v) is 9.90. The second-order valence-electron chi connectivity index (χ2n) is 9.90. The number of halogens is 1. The van der Waals surface area contributed by atoms with Gasteiger partial charge in [0.1, 0.15) is 11.5 Å². The number of hydrogen-bond acceptors (Lipinski definition) is 4. The molecule has 7 heteroatoms. The molecule has 2 aromatic carbocycles. The van der Waals surface area contributed by atoms with Crippen LogP contribution in [0.4, 0.5) is 4.39 Å². The van der Waals surface area contributed by atoms with Gasteiger partial charge in [0.05, 0.1) is 18.9 Å². The van der Waals surface area contributed by atoms with E-state index in [-0.39, 0.29) is 17.6 Å². The van der Waals surface area contributed by atoms with E-state index >= 15 is 0 Å². The first-order chi connectivity index (χ1) is 16.0. The number of benzene rings is 2. The Morgan fingerprint density at radius 3 is 2.47 bits per heavy atom. The van der Waals surface area contributed by atoms with E-state index in [1.54, 1.807) is 41.9 Å². The number of nitrogens with zero attached hydrogens (tertiary/aromatic N) is 3. The fourth-order valence-electron chi connectivity index (χ4n) is 4.19. The Hall–Kier alpha value is -3.35. The smallest absolute Gasteiger partial charge is 0.274 e. The van der Waals surface area contributed by atoms with Gasteiger partial charge in [-0.25, -0.2) is 9.07 Å². The summed E-state index contributed by atoms with van der Waals surface area (Å²) >= 11 is 0. The maximum absolute atomic E-state index is 14.9. The van der Waals surface area contributed by atoms with E-state index in [1.165, 1.54) is 6.07 Å². The number of rotatable bonds is 5. The zero-order valence-electron chi connectivity index (χ0n) is 20.9. The SMILES string of the molecule is COc1cc2c(cc1OC(C)C)-c1c(c(C(=O)N(C)C(C)(C)C)nn1-c1ccccc1F)CC2. The van der Waals surface area contributed by atoms with Crippen molar-refractivity contribution in [3.8, 4) is 28.4 Å². The Bertz CT molecular complexity index is 1240. The summed E-state index contributed by atoms with van der Waals surface area (Å²) in [5.41, 5.74) is 3.71. The lowest BCUT2D eigenvalue weighted by atomic mass is 9.88. The molecule has 1 amide bonds. The number of hydrogen-bond donors (Lipinski definition) is 0. The second kappa shape index (κ2) is 8.78. The van der Waals surface area contributed by atoms with Gasteiger partial charge in [-0.3, -0.25) is 4.79 Å². The van der Waals surface area contributed by atoms with Crippen molar-refractivity contribution in [2.45, 2.75) is 59.1 Å². The molecule has 1 heterocycles. The van der Waals surface area contributed by atoms with Gasteiger partial charge in [0.2, 0.25) is 0 Å². The molecule has 34 heavy (non-hydrogen) atoms. The monoisotopic (exact) mass is 465 g/mol. The Kier molecular flexibility index (Phi) is 6.14. The van der Waals surface area contributed by atoms with Crippen molar-refractivity contribution < 1.29 is 18.7 Å². The molecule has 0 aliphatic heterocycles. The van der Waals surface area contributed by atoms with E-state index in [4.69, 9.17) is 14.6 Å². The summed E-state index contributed by atoms with van der Waals surface area (Å²) in [6.45, 7) is 9.83. The van der Waals surface area contributed by atoms with Crippen LogP contribution in [0.2, 0.25) is 0 Å². The van der Waals surface area contributed by atoms with Gasteiger partial charge in [0.15, 0.2) is 17.2 Å². The first-order valence-electron chi connectivity index (χ1n) is 11.6. The largest absolute Gasteiger partial charge is 0.493 e. The van der Waals surface area contributed by atoms with E-state index < -0.39 is 5.82 Å². The summed E-state index contributed by atoms with van der Waals surface area (Å²) in [6.07, 6.45) is 1.27. The number of carbonyl (C=O) groups is 1. The Morgan fingerprint density at radius 2 is 1.85 bits per heavy atom. The van der Waals surface area contributed by atoms with Crippen LogP contribution in [0.3, 0.4) is 0 Å². The molecule has 0 atom stereocenters. The average Bonchev–Trinajstić information content (AvgIpc) is 3.16. The number of fused-ring (bicyclic) bond motifs is 3. The minimum Gasteiger partial charge on any atom is -0.493 e. The lowest BCUT2D eigenvalue weighted by Crippen LogP contribution is -2.43. The normalized spacial score (nSPS) is 12.9. The van der Waals surface area contributed by atoms with Gasteiger partial charge < -0.3 is 14.4 Å². The van der Waals surface area contributed by atoms with Gasteiger partial charge in [-0.05, 0) is 77.3 Å². The quantitative estimate of drug-likeness (QED) is 0.503. The van der Waals surface area contributed by atoms with Crippen LogP contribution < -0.4 is 9.47 Å². The highest BCUT2D eigenvalue weighted by Gasteiger charge is 2.34. The fourth-order valence-corrected chi connectivity index (χ4v) is 4.19. The topological polar surface area (TPSA) is 56.6 Å². The summed E-state index contributed by atoms with van der Waals surface area (Å²) in [7, 11) is 3.39. The molecule has 3 aromatic rings. The summed E-state index contributed by atoms with van der Waals surface area (Å²) in [4.78, 5) is 15.2. The highest BCUT2D eigenvalue weighted by atomic mass is 19.1. The molecule has 1 aliphatic rings. The number of carbonyl (C=O) groups excluding carboxylic acids is 1. The van der Waals surface area contributed by atoms with E-state index in [0.717, 1.165) is 16.7 Å². The predicted molar refractivity (Wildman–Crippen MR) is 131 cm³/mol. The molecule has 0 saturated carbocycles. The summed E-state index contributed by atoms with van der Waals surface area (Å²) in [5, 5.41) is 4.70. The van der Waals surface area contributed by atoms with Crippen LogP contribution in [0.5, 0.6) is 11.5 Å². The van der Waals surface area contributed by atoms with Gasteiger partial charge >= 0.3 is 0 Å². The number of ether oxygens (including phenoxy) is 2. The van der Waals surface area contributed by atoms with Crippen molar-refractivity contribution in [3.05, 3.63) is 59.0 Å². The molecule has 4 rings (SSSR count). The molecule has 0 bridgehead atoms. The van der Waals surface area contributed by atoms with Crippen molar-refractivity contribution in [1.29, 1.82) is 0 Å². The van der Waals surface area contributed by atoms with Crippen molar-refractivity contribution in [2.24, 2.45) is 0 Å². The summed E-state index contributed by atoms with van der Waals surface area (Å²) in [5.74, 6) is 0.659. The maximum Gasteiger partial charge on any atom is 0.274 e. The first kappa shape index (κ1) is 23.8. The molecule has 0 saturated heterocycles. The van der Waals surface area contributed by atoms with Crippen molar-refractivity contribution in [1.82, 2.24) is 14.7 Å². The molecule has 0 fully saturated rings. The standard InChI is InChI=1S/C27H32FN3O3/c1-16(2)34-23-15-19-17(14-22(23)33-7)12-13-18-24(26(32)30(6)27(3,4)5)29-31(25(18)19)21-11-9-8-10-20(21)28/h8-11,14-16H,12-13H2,1-7H3. The number of para-hydroxylation sites is 1. The van der Waals surface area contributed by atoms with Crippen molar-refractivity contribution in [3.63, 3.8) is 0 Å². The maximum atomic E-state index is 14.9. The minimum absolute atomic E-state index is 0.0518. The number of methoxy groups -OCH3 is 1. The molecule has 1 aliphatic carbocycles. The number of aromatic nitrogens is 2. The van der Waals surface area contributed by atoms with Crippen LogP contribution in [0.1, 0.15) is 56.2 Å². The third kappa shape index (κ3) is 4.15. The zero-order valence-corrected chi connectivity index (χ0v) is 20.9. The van der Waals surface area contributed by atoms with Gasteiger partial charge in [-0.1, -0.05) is 12.1 Å².